The third kappa shape index (κ3) is 2.96. The number of fused-ring (bicyclic) bond motifs is 1. The molecule has 0 saturated heterocycles. The van der Waals surface area contributed by atoms with Gasteiger partial charge in [-0.15, -0.1) is 0 Å². The average Bonchev–Trinajstić information content (AvgIpc) is 2.35. The molecule has 2 rings (SSSR count). The minimum atomic E-state index is 0.00344. The topological polar surface area (TPSA) is 64.1 Å². The summed E-state index contributed by atoms with van der Waals surface area (Å²) >= 11 is 0. The summed E-state index contributed by atoms with van der Waals surface area (Å²) in [6.45, 7) is 3.31. The second-order valence-corrected chi connectivity index (χ2v) is 4.44. The highest BCUT2D eigenvalue weighted by atomic mass is 14.9. The van der Waals surface area contributed by atoms with Gasteiger partial charge in [0.15, 0.2) is 0 Å². The molecule has 90 valence electrons. The molecule has 0 radical (unpaired) electrons. The molecule has 2 aromatic carbocycles. The molecule has 1 unspecified atom stereocenters. The average molecular weight is 229 g/mol. The molecule has 17 heavy (non-hydrogen) atoms. The van der Waals surface area contributed by atoms with E-state index in [9.17, 15) is 0 Å². The molecule has 1 atom stereocenters. The van der Waals surface area contributed by atoms with Crippen LogP contribution < -0.4 is 16.8 Å². The number of nitrogens with one attached hydrogen (secondary N) is 1. The highest BCUT2D eigenvalue weighted by Gasteiger charge is 2.00. The Morgan fingerprint density at radius 2 is 1.82 bits per heavy atom. The number of rotatable bonds is 4. The fourth-order valence-corrected chi connectivity index (χ4v) is 1.81. The van der Waals surface area contributed by atoms with E-state index in [1.54, 1.807) is 0 Å². The van der Waals surface area contributed by atoms with Crippen molar-refractivity contribution >= 4 is 16.5 Å². The Bertz CT molecular complexity index is 508. The molecule has 2 aromatic rings. The van der Waals surface area contributed by atoms with Crippen molar-refractivity contribution in [1.82, 2.24) is 0 Å². The summed E-state index contributed by atoms with van der Waals surface area (Å²) in [6, 6.07) is 12.8. The van der Waals surface area contributed by atoms with E-state index in [1.165, 1.54) is 16.3 Å². The molecule has 0 fully saturated rings. The Morgan fingerprint density at radius 1 is 1.12 bits per heavy atom. The van der Waals surface area contributed by atoms with Gasteiger partial charge >= 0.3 is 0 Å². The first kappa shape index (κ1) is 11.9. The number of hydrogen-bond acceptors (Lipinski definition) is 3. The molecule has 0 amide bonds. The maximum Gasteiger partial charge on any atom is 0.0347 e. The smallest absolute Gasteiger partial charge is 0.0347 e. The van der Waals surface area contributed by atoms with Gasteiger partial charge in [0.2, 0.25) is 0 Å². The summed E-state index contributed by atoms with van der Waals surface area (Å²) in [7, 11) is 0. The predicted octanol–water partition coefficient (Wildman–Crippen LogP) is 1.85. The summed E-state index contributed by atoms with van der Waals surface area (Å²) in [5.74, 6) is 0. The predicted molar refractivity (Wildman–Crippen MR) is 74.2 cm³/mol. The van der Waals surface area contributed by atoms with Gasteiger partial charge in [0.25, 0.3) is 0 Å². The number of nitrogens with two attached hydrogens (primary N) is 2. The normalized spacial score (nSPS) is 12.6. The standard InChI is InChI=1S/C14H19N3/c1-10-2-3-12-7-14(5-4-11(12)6-10)17-9-13(16)8-15/h2-7,13,17H,8-9,15-16H2,1H3. The van der Waals surface area contributed by atoms with E-state index in [0.717, 1.165) is 5.69 Å². The van der Waals surface area contributed by atoms with Crippen molar-refractivity contribution in [2.24, 2.45) is 11.5 Å². The molecule has 3 nitrogen and oxygen atoms in total. The highest BCUT2D eigenvalue weighted by Crippen LogP contribution is 2.20. The van der Waals surface area contributed by atoms with Crippen LogP contribution in [0.4, 0.5) is 5.69 Å². The van der Waals surface area contributed by atoms with Crippen LogP contribution in [0.5, 0.6) is 0 Å². The summed E-state index contributed by atoms with van der Waals surface area (Å²) in [6.07, 6.45) is 0. The Morgan fingerprint density at radius 3 is 2.59 bits per heavy atom. The Balaban J connectivity index is 2.17. The number of anilines is 1. The first-order chi connectivity index (χ1) is 8.19. The van der Waals surface area contributed by atoms with Gasteiger partial charge in [-0.25, -0.2) is 0 Å². The first-order valence-electron chi connectivity index (χ1n) is 5.89. The lowest BCUT2D eigenvalue weighted by Gasteiger charge is -2.12. The van der Waals surface area contributed by atoms with Crippen LogP contribution in [0.1, 0.15) is 5.56 Å². The van der Waals surface area contributed by atoms with Crippen molar-refractivity contribution in [2.45, 2.75) is 13.0 Å². The summed E-state index contributed by atoms with van der Waals surface area (Å²) < 4.78 is 0. The lowest BCUT2D eigenvalue weighted by molar-refractivity contribution is 0.713. The quantitative estimate of drug-likeness (QED) is 0.749. The molecule has 0 aromatic heterocycles. The SMILES string of the molecule is Cc1ccc2cc(NCC(N)CN)ccc2c1. The largest absolute Gasteiger partial charge is 0.383 e. The van der Waals surface area contributed by atoms with E-state index in [-0.39, 0.29) is 6.04 Å². The van der Waals surface area contributed by atoms with Crippen LogP contribution in [0.2, 0.25) is 0 Å². The zero-order valence-electron chi connectivity index (χ0n) is 10.1. The summed E-state index contributed by atoms with van der Waals surface area (Å²) in [4.78, 5) is 0. The van der Waals surface area contributed by atoms with Gasteiger partial charge in [0.05, 0.1) is 0 Å². The summed E-state index contributed by atoms with van der Waals surface area (Å²) in [5.41, 5.74) is 13.6. The van der Waals surface area contributed by atoms with Crippen molar-refractivity contribution in [3.8, 4) is 0 Å². The van der Waals surface area contributed by atoms with Crippen LogP contribution in [-0.4, -0.2) is 19.1 Å². The fraction of sp³-hybridized carbons (Fsp3) is 0.286. The zero-order chi connectivity index (χ0) is 12.3. The van der Waals surface area contributed by atoms with E-state index in [1.807, 2.05) is 0 Å². The molecule has 0 bridgehead atoms. The van der Waals surface area contributed by atoms with Gasteiger partial charge in [-0.1, -0.05) is 29.8 Å². The number of benzene rings is 2. The monoisotopic (exact) mass is 229 g/mol. The molecule has 5 N–H and O–H groups in total. The maximum absolute atomic E-state index is 5.77. The lowest BCUT2D eigenvalue weighted by atomic mass is 10.1. The van der Waals surface area contributed by atoms with Crippen LogP contribution in [0.15, 0.2) is 36.4 Å². The van der Waals surface area contributed by atoms with Gasteiger partial charge in [0, 0.05) is 24.8 Å². The third-order valence-corrected chi connectivity index (χ3v) is 2.87. The van der Waals surface area contributed by atoms with Crippen LogP contribution >= 0.6 is 0 Å². The Labute approximate surface area is 102 Å². The number of hydrogen-bond donors (Lipinski definition) is 3. The van der Waals surface area contributed by atoms with E-state index in [0.29, 0.717) is 13.1 Å². The van der Waals surface area contributed by atoms with Crippen LogP contribution in [0, 0.1) is 6.92 Å². The van der Waals surface area contributed by atoms with Gasteiger partial charge < -0.3 is 16.8 Å². The molecule has 0 saturated carbocycles. The van der Waals surface area contributed by atoms with Gasteiger partial charge in [-0.3, -0.25) is 0 Å². The summed E-state index contributed by atoms with van der Waals surface area (Å²) in [5, 5.41) is 5.80. The minimum absolute atomic E-state index is 0.00344. The number of aryl methyl sites for hydroxylation is 1. The van der Waals surface area contributed by atoms with Gasteiger partial charge in [0.1, 0.15) is 0 Å². The molecular weight excluding hydrogens is 210 g/mol. The molecule has 0 aliphatic heterocycles. The third-order valence-electron chi connectivity index (χ3n) is 2.87. The molecule has 0 heterocycles. The van der Waals surface area contributed by atoms with Crippen molar-refractivity contribution < 1.29 is 0 Å². The molecule has 0 aliphatic carbocycles. The van der Waals surface area contributed by atoms with Crippen LogP contribution in [0.25, 0.3) is 10.8 Å². The van der Waals surface area contributed by atoms with E-state index >= 15 is 0 Å². The molecule has 3 heteroatoms. The Kier molecular flexibility index (Phi) is 3.61. The van der Waals surface area contributed by atoms with Crippen LogP contribution in [-0.2, 0) is 0 Å². The van der Waals surface area contributed by atoms with Crippen molar-refractivity contribution in [2.75, 3.05) is 18.4 Å². The van der Waals surface area contributed by atoms with E-state index < -0.39 is 0 Å². The second kappa shape index (κ2) is 5.17. The van der Waals surface area contributed by atoms with Crippen molar-refractivity contribution in [3.05, 3.63) is 42.0 Å². The minimum Gasteiger partial charge on any atom is -0.383 e. The molecular formula is C14H19N3. The Hall–Kier alpha value is -1.58. The highest BCUT2D eigenvalue weighted by molar-refractivity contribution is 5.86. The lowest BCUT2D eigenvalue weighted by Crippen LogP contribution is -2.36. The van der Waals surface area contributed by atoms with E-state index in [2.05, 4.69) is 48.6 Å². The second-order valence-electron chi connectivity index (χ2n) is 4.44. The zero-order valence-corrected chi connectivity index (χ0v) is 10.1. The fourth-order valence-electron chi connectivity index (χ4n) is 1.81. The van der Waals surface area contributed by atoms with Crippen molar-refractivity contribution in [1.29, 1.82) is 0 Å². The van der Waals surface area contributed by atoms with Gasteiger partial charge in [-0.05, 0) is 29.8 Å². The molecule has 0 aliphatic rings. The first-order valence-corrected chi connectivity index (χ1v) is 5.89. The van der Waals surface area contributed by atoms with Gasteiger partial charge in [-0.2, -0.15) is 0 Å². The van der Waals surface area contributed by atoms with Crippen LogP contribution in [0.3, 0.4) is 0 Å². The maximum atomic E-state index is 5.77. The van der Waals surface area contributed by atoms with Crippen molar-refractivity contribution in [3.63, 3.8) is 0 Å². The molecule has 0 spiro atoms. The van der Waals surface area contributed by atoms with E-state index in [4.69, 9.17) is 11.5 Å².